The maximum absolute atomic E-state index is 12.1. The zero-order valence-electron chi connectivity index (χ0n) is 12.4. The number of alkyl halides is 3. The van der Waals surface area contributed by atoms with Crippen molar-refractivity contribution in [3.8, 4) is 0 Å². The Balaban J connectivity index is 1.72. The first kappa shape index (κ1) is 19.8. The van der Waals surface area contributed by atoms with E-state index in [1.54, 1.807) is 0 Å². The van der Waals surface area contributed by atoms with Crippen molar-refractivity contribution in [1.29, 1.82) is 0 Å². The van der Waals surface area contributed by atoms with E-state index in [1.165, 1.54) is 0 Å². The van der Waals surface area contributed by atoms with Gasteiger partial charge < -0.3 is 13.6 Å². The van der Waals surface area contributed by atoms with Gasteiger partial charge in [-0.05, 0) is 31.6 Å². The molecule has 13 heteroatoms. The summed E-state index contributed by atoms with van der Waals surface area (Å²) in [5.41, 5.74) is -5.79. The van der Waals surface area contributed by atoms with Crippen LogP contribution in [0, 0.1) is 5.92 Å². The molecule has 0 aromatic carbocycles. The summed E-state index contributed by atoms with van der Waals surface area (Å²) in [4.78, 5) is 0. The summed E-state index contributed by atoms with van der Waals surface area (Å²) in [6, 6.07) is 0. The molecule has 0 aromatic heterocycles. The number of halogens is 3. The summed E-state index contributed by atoms with van der Waals surface area (Å²) < 4.78 is 97.1. The van der Waals surface area contributed by atoms with Crippen LogP contribution < -0.4 is 0 Å². The molecule has 0 aromatic rings. The molecule has 1 saturated heterocycles. The number of hydrogen-bond donors (Lipinski definition) is 0. The highest BCUT2D eigenvalue weighted by Gasteiger charge is 2.40. The largest absolute Gasteiger partial charge is 0.480 e. The first-order valence-electron chi connectivity index (χ1n) is 7.16. The SMILES string of the molecule is O=S(=O)([N-]S(=O)(=O)C(F)(F)F)OCC1CCC(OCC2CO2)CC1. The normalized spacial score (nSPS) is 28.7. The molecule has 1 heterocycles. The van der Waals surface area contributed by atoms with E-state index in [4.69, 9.17) is 9.47 Å². The second-order valence-electron chi connectivity index (χ2n) is 5.64. The molecule has 1 saturated carbocycles. The molecule has 1 aliphatic carbocycles. The molecule has 142 valence electrons. The average Bonchev–Trinajstić information content (AvgIpc) is 3.26. The van der Waals surface area contributed by atoms with E-state index in [0.717, 1.165) is 0 Å². The summed E-state index contributed by atoms with van der Waals surface area (Å²) in [6.45, 7) is 0.775. The zero-order chi connectivity index (χ0) is 18.0. The van der Waals surface area contributed by atoms with E-state index in [-0.39, 0.29) is 18.1 Å². The van der Waals surface area contributed by atoms with Crippen molar-refractivity contribution in [2.24, 2.45) is 5.92 Å². The Morgan fingerprint density at radius 1 is 1.04 bits per heavy atom. The van der Waals surface area contributed by atoms with Gasteiger partial charge in [0, 0.05) is 0 Å². The van der Waals surface area contributed by atoms with Crippen LogP contribution in [-0.2, 0) is 34.0 Å². The molecule has 0 N–H and O–H groups in total. The van der Waals surface area contributed by atoms with Gasteiger partial charge in [0.15, 0.2) is 10.0 Å². The molecular weight excluding hydrogens is 379 g/mol. The summed E-state index contributed by atoms with van der Waals surface area (Å²) in [7, 11) is -11.3. The van der Waals surface area contributed by atoms with E-state index in [9.17, 15) is 30.0 Å². The Bertz CT molecular complexity index is 622. The van der Waals surface area contributed by atoms with Gasteiger partial charge in [0.2, 0.25) is 10.3 Å². The molecule has 0 radical (unpaired) electrons. The first-order chi connectivity index (χ1) is 11.0. The van der Waals surface area contributed by atoms with Crippen LogP contribution in [0.4, 0.5) is 13.2 Å². The lowest BCUT2D eigenvalue weighted by Crippen LogP contribution is -2.28. The molecule has 2 rings (SSSR count). The third-order valence-corrected chi connectivity index (χ3v) is 6.18. The van der Waals surface area contributed by atoms with Crippen LogP contribution in [0.1, 0.15) is 25.7 Å². The highest BCUT2D eigenvalue weighted by molar-refractivity contribution is 8.10. The fourth-order valence-electron chi connectivity index (χ4n) is 2.24. The third-order valence-electron chi connectivity index (χ3n) is 3.65. The third kappa shape index (κ3) is 6.11. The van der Waals surface area contributed by atoms with Crippen molar-refractivity contribution >= 4 is 20.3 Å². The molecule has 0 bridgehead atoms. The molecule has 8 nitrogen and oxygen atoms in total. The highest BCUT2D eigenvalue weighted by atomic mass is 32.3. The monoisotopic (exact) mass is 396 g/mol. The van der Waals surface area contributed by atoms with Gasteiger partial charge in [-0.15, -0.1) is 0 Å². The van der Waals surface area contributed by atoms with Gasteiger partial charge in [0.1, 0.15) is 6.10 Å². The Morgan fingerprint density at radius 2 is 1.62 bits per heavy atom. The van der Waals surface area contributed by atoms with Crippen LogP contribution in [0.2, 0.25) is 0 Å². The molecule has 0 spiro atoms. The quantitative estimate of drug-likeness (QED) is 0.571. The fourth-order valence-corrected chi connectivity index (χ4v) is 4.08. The lowest BCUT2D eigenvalue weighted by molar-refractivity contribution is -0.0425. The first-order valence-corrected chi connectivity index (χ1v) is 9.97. The lowest BCUT2D eigenvalue weighted by atomic mass is 9.88. The maximum atomic E-state index is 12.1. The molecule has 1 unspecified atom stereocenters. The van der Waals surface area contributed by atoms with Crippen molar-refractivity contribution in [3.63, 3.8) is 0 Å². The molecular formula is C11H17F3NO7S2-. The van der Waals surface area contributed by atoms with Gasteiger partial charge in [0.05, 0.1) is 25.9 Å². The summed E-state index contributed by atoms with van der Waals surface area (Å²) >= 11 is 0. The van der Waals surface area contributed by atoms with Crippen molar-refractivity contribution in [2.75, 3.05) is 19.8 Å². The minimum atomic E-state index is -6.15. The van der Waals surface area contributed by atoms with E-state index >= 15 is 0 Å². The van der Waals surface area contributed by atoms with E-state index in [0.29, 0.717) is 38.9 Å². The van der Waals surface area contributed by atoms with Crippen molar-refractivity contribution in [1.82, 2.24) is 0 Å². The van der Waals surface area contributed by atoms with Crippen LogP contribution >= 0.6 is 0 Å². The van der Waals surface area contributed by atoms with Gasteiger partial charge in [-0.25, -0.2) is 16.8 Å². The van der Waals surface area contributed by atoms with E-state index in [1.807, 2.05) is 4.13 Å². The lowest BCUT2D eigenvalue weighted by Gasteiger charge is -2.29. The highest BCUT2D eigenvalue weighted by Crippen LogP contribution is 2.32. The number of rotatable bonds is 8. The van der Waals surface area contributed by atoms with Crippen molar-refractivity contribution in [3.05, 3.63) is 4.13 Å². The summed E-state index contributed by atoms with van der Waals surface area (Å²) in [5, 5.41) is 0. The minimum absolute atomic E-state index is 0.0253. The molecule has 1 atom stereocenters. The number of epoxide rings is 1. The zero-order valence-corrected chi connectivity index (χ0v) is 14.1. The predicted octanol–water partition coefficient (Wildman–Crippen LogP) is 1.45. The van der Waals surface area contributed by atoms with Crippen LogP contribution in [-0.4, -0.2) is 54.4 Å². The summed E-state index contributed by atoms with van der Waals surface area (Å²) in [6.07, 6.45) is 2.58. The Morgan fingerprint density at radius 3 is 2.12 bits per heavy atom. The van der Waals surface area contributed by atoms with Gasteiger partial charge in [-0.3, -0.25) is 4.18 Å². The number of hydrogen-bond acceptors (Lipinski definition) is 7. The van der Waals surface area contributed by atoms with Gasteiger partial charge in [0.25, 0.3) is 0 Å². The summed E-state index contributed by atoms with van der Waals surface area (Å²) in [5.74, 6) is -0.222. The Labute approximate surface area is 137 Å². The number of sulfonamides is 1. The molecule has 0 amide bonds. The number of nitrogens with zero attached hydrogens (tertiary/aromatic N) is 1. The molecule has 1 aliphatic heterocycles. The Kier molecular flexibility index (Phi) is 6.13. The topological polar surface area (TPSA) is 113 Å². The van der Waals surface area contributed by atoms with E-state index < -0.39 is 32.4 Å². The average molecular weight is 396 g/mol. The maximum Gasteiger partial charge on any atom is 0.480 e. The Hall–Kier alpha value is -0.470. The van der Waals surface area contributed by atoms with Crippen molar-refractivity contribution in [2.45, 2.75) is 43.4 Å². The van der Waals surface area contributed by atoms with Crippen molar-refractivity contribution < 1.29 is 43.7 Å². The second kappa shape index (κ2) is 7.41. The van der Waals surface area contributed by atoms with Crippen LogP contribution in [0.3, 0.4) is 0 Å². The minimum Gasteiger partial charge on any atom is -0.404 e. The molecule has 24 heavy (non-hydrogen) atoms. The molecule has 2 aliphatic rings. The van der Waals surface area contributed by atoms with Crippen LogP contribution in [0.5, 0.6) is 0 Å². The second-order valence-corrected chi connectivity index (χ2v) is 8.74. The standard InChI is InChI=1S/C11H17F3NO7S2/c12-11(13,14)23(16,17)15-24(18,19)22-5-8-1-3-9(4-2-8)20-6-10-7-21-10/h8-10H,1-7H2/q-1. The van der Waals surface area contributed by atoms with Gasteiger partial charge in [-0.1, -0.05) is 0 Å². The van der Waals surface area contributed by atoms with Gasteiger partial charge in [-0.2, -0.15) is 13.2 Å². The van der Waals surface area contributed by atoms with E-state index in [2.05, 4.69) is 4.18 Å². The number of ether oxygens (including phenoxy) is 2. The predicted molar refractivity (Wildman–Crippen MR) is 74.6 cm³/mol. The molecule has 2 fully saturated rings. The fraction of sp³-hybridized carbons (Fsp3) is 1.00. The van der Waals surface area contributed by atoms with Crippen LogP contribution in [0.25, 0.3) is 4.13 Å². The van der Waals surface area contributed by atoms with Crippen LogP contribution in [0.15, 0.2) is 0 Å². The van der Waals surface area contributed by atoms with Gasteiger partial charge >= 0.3 is 5.51 Å². The smallest absolute Gasteiger partial charge is 0.404 e.